The van der Waals surface area contributed by atoms with Gasteiger partial charge in [0.05, 0.1) is 27.7 Å². The molecule has 1 radical (unpaired) electrons. The van der Waals surface area contributed by atoms with E-state index in [1.807, 2.05) is 0 Å². The third-order valence-corrected chi connectivity index (χ3v) is 0.971. The first-order valence-electron chi connectivity index (χ1n) is 2.47. The molecular formula is C5H14AuNS+. The summed E-state index contributed by atoms with van der Waals surface area (Å²) in [6.07, 6.45) is 0. The van der Waals surface area contributed by atoms with Gasteiger partial charge in [0.1, 0.15) is 0 Å². The van der Waals surface area contributed by atoms with Crippen LogP contribution in [0.5, 0.6) is 0 Å². The summed E-state index contributed by atoms with van der Waals surface area (Å²) < 4.78 is 1.02. The molecule has 1 nitrogen and oxygen atoms in total. The summed E-state index contributed by atoms with van der Waals surface area (Å²) in [5.41, 5.74) is 0. The molecule has 0 aromatic rings. The van der Waals surface area contributed by atoms with Crippen molar-refractivity contribution in [1.82, 2.24) is 0 Å². The molecule has 0 saturated heterocycles. The van der Waals surface area contributed by atoms with Crippen molar-refractivity contribution in [3.63, 3.8) is 0 Å². The number of hydrogen-bond acceptors (Lipinski definition) is 1. The zero-order valence-corrected chi connectivity index (χ0v) is 8.67. The van der Waals surface area contributed by atoms with E-state index in [4.69, 9.17) is 0 Å². The maximum Gasteiger partial charge on any atom is 0.0869 e. The Morgan fingerprint density at radius 3 is 1.62 bits per heavy atom. The SMILES string of the molecule is C[N+](C)(C)CCS.[Au]. The Kier molecular flexibility index (Phi) is 7.21. The van der Waals surface area contributed by atoms with Crippen LogP contribution in [0.2, 0.25) is 0 Å². The van der Waals surface area contributed by atoms with Crippen molar-refractivity contribution in [3.05, 3.63) is 0 Å². The molecule has 0 heterocycles. The van der Waals surface area contributed by atoms with Gasteiger partial charge in [-0.2, -0.15) is 12.6 Å². The van der Waals surface area contributed by atoms with Gasteiger partial charge in [-0.25, -0.2) is 0 Å². The molecule has 0 aromatic carbocycles. The Balaban J connectivity index is 0. The van der Waals surface area contributed by atoms with E-state index < -0.39 is 0 Å². The molecule has 0 atom stereocenters. The van der Waals surface area contributed by atoms with Crippen molar-refractivity contribution in [2.45, 2.75) is 0 Å². The van der Waals surface area contributed by atoms with Crippen molar-refractivity contribution in [1.29, 1.82) is 0 Å². The molecule has 0 aromatic heterocycles. The summed E-state index contributed by atoms with van der Waals surface area (Å²) in [7, 11) is 6.49. The van der Waals surface area contributed by atoms with E-state index in [0.717, 1.165) is 16.8 Å². The fraction of sp³-hybridized carbons (Fsp3) is 1.00. The minimum absolute atomic E-state index is 0. The van der Waals surface area contributed by atoms with E-state index in [1.165, 1.54) is 0 Å². The monoisotopic (exact) mass is 317 g/mol. The predicted octanol–water partition coefficient (Wildman–Crippen LogP) is 0.620. The number of quaternary nitrogens is 1. The fourth-order valence-corrected chi connectivity index (χ4v) is 0.900. The number of hydrogen-bond donors (Lipinski definition) is 1. The summed E-state index contributed by atoms with van der Waals surface area (Å²) in [5.74, 6) is 0.976. The maximum atomic E-state index is 4.10. The van der Waals surface area contributed by atoms with Crippen molar-refractivity contribution < 1.29 is 26.9 Å². The van der Waals surface area contributed by atoms with Crippen LogP contribution in [0.25, 0.3) is 0 Å². The zero-order chi connectivity index (χ0) is 5.91. The summed E-state index contributed by atoms with van der Waals surface area (Å²) in [6.45, 7) is 1.14. The molecular weight excluding hydrogens is 303 g/mol. The molecule has 8 heavy (non-hydrogen) atoms. The van der Waals surface area contributed by atoms with Gasteiger partial charge < -0.3 is 4.48 Å². The second kappa shape index (κ2) is 4.89. The van der Waals surface area contributed by atoms with Gasteiger partial charge in [-0.3, -0.25) is 0 Å². The molecule has 0 saturated carbocycles. The standard InChI is InChI=1S/C5H13NS.Au/c1-6(2,3)4-5-7;/h4-5H2,1-3H3;/p+1. The van der Waals surface area contributed by atoms with E-state index in [2.05, 4.69) is 33.8 Å². The summed E-state index contributed by atoms with van der Waals surface area (Å²) in [6, 6.07) is 0. The van der Waals surface area contributed by atoms with Crippen molar-refractivity contribution in [3.8, 4) is 0 Å². The molecule has 0 aliphatic rings. The second-order valence-electron chi connectivity index (χ2n) is 2.74. The van der Waals surface area contributed by atoms with Crippen molar-refractivity contribution in [2.24, 2.45) is 0 Å². The number of thiol groups is 1. The average molecular weight is 317 g/mol. The van der Waals surface area contributed by atoms with Gasteiger partial charge in [0.2, 0.25) is 0 Å². The van der Waals surface area contributed by atoms with Crippen LogP contribution in [-0.2, 0) is 22.4 Å². The first-order chi connectivity index (χ1) is 3.06. The van der Waals surface area contributed by atoms with E-state index in [9.17, 15) is 0 Å². The smallest absolute Gasteiger partial charge is 0.0869 e. The van der Waals surface area contributed by atoms with Crippen LogP contribution in [0.3, 0.4) is 0 Å². The van der Waals surface area contributed by atoms with Crippen LogP contribution in [0.4, 0.5) is 0 Å². The zero-order valence-electron chi connectivity index (χ0n) is 5.61. The van der Waals surface area contributed by atoms with Gasteiger partial charge in [-0.05, 0) is 0 Å². The molecule has 0 unspecified atom stereocenters. The maximum absolute atomic E-state index is 4.10. The van der Waals surface area contributed by atoms with E-state index >= 15 is 0 Å². The van der Waals surface area contributed by atoms with Crippen LogP contribution in [0.1, 0.15) is 0 Å². The quantitative estimate of drug-likeness (QED) is 0.431. The molecule has 0 aliphatic heterocycles. The Bertz CT molecular complexity index is 50.9. The van der Waals surface area contributed by atoms with Crippen molar-refractivity contribution >= 4 is 12.6 Å². The van der Waals surface area contributed by atoms with Gasteiger partial charge in [-0.1, -0.05) is 0 Å². The Hall–Kier alpha value is 1.05. The molecule has 0 rings (SSSR count). The van der Waals surface area contributed by atoms with E-state index in [-0.39, 0.29) is 22.4 Å². The van der Waals surface area contributed by atoms with Crippen molar-refractivity contribution in [2.75, 3.05) is 33.4 Å². The van der Waals surface area contributed by atoms with Crippen LogP contribution in [0, 0.1) is 0 Å². The summed E-state index contributed by atoms with van der Waals surface area (Å²) in [5, 5.41) is 0. The molecule has 0 fully saturated rings. The van der Waals surface area contributed by atoms with E-state index in [1.54, 1.807) is 0 Å². The van der Waals surface area contributed by atoms with Crippen LogP contribution >= 0.6 is 12.6 Å². The van der Waals surface area contributed by atoms with Crippen LogP contribution in [-0.4, -0.2) is 37.9 Å². The fourth-order valence-electron chi connectivity index (χ4n) is 0.300. The first kappa shape index (κ1) is 11.8. The summed E-state index contributed by atoms with van der Waals surface area (Å²) in [4.78, 5) is 0. The molecule has 0 N–H and O–H groups in total. The molecule has 55 valence electrons. The van der Waals surface area contributed by atoms with Gasteiger partial charge in [0.25, 0.3) is 0 Å². The van der Waals surface area contributed by atoms with Gasteiger partial charge in [0, 0.05) is 28.1 Å². The Morgan fingerprint density at radius 1 is 1.25 bits per heavy atom. The Morgan fingerprint density at radius 2 is 1.62 bits per heavy atom. The molecule has 3 heteroatoms. The topological polar surface area (TPSA) is 0 Å². The molecule has 0 bridgehead atoms. The van der Waals surface area contributed by atoms with Gasteiger partial charge in [-0.15, -0.1) is 0 Å². The predicted molar refractivity (Wildman–Crippen MR) is 36.8 cm³/mol. The van der Waals surface area contributed by atoms with E-state index in [0.29, 0.717) is 0 Å². The minimum atomic E-state index is 0. The molecule has 0 amide bonds. The Labute approximate surface area is 73.0 Å². The number of rotatable bonds is 2. The molecule has 0 aliphatic carbocycles. The average Bonchev–Trinajstić information content (AvgIpc) is 1.30. The number of nitrogens with zero attached hydrogens (tertiary/aromatic N) is 1. The summed E-state index contributed by atoms with van der Waals surface area (Å²) >= 11 is 4.10. The van der Waals surface area contributed by atoms with Gasteiger partial charge in [0.15, 0.2) is 0 Å². The molecule has 0 spiro atoms. The third-order valence-electron chi connectivity index (χ3n) is 0.771. The van der Waals surface area contributed by atoms with Crippen LogP contribution < -0.4 is 0 Å². The largest absolute Gasteiger partial charge is 0.330 e. The van der Waals surface area contributed by atoms with Crippen LogP contribution in [0.15, 0.2) is 0 Å². The third kappa shape index (κ3) is 10.1. The minimum Gasteiger partial charge on any atom is -0.330 e. The normalized spacial score (nSPS) is 10.5. The second-order valence-corrected chi connectivity index (χ2v) is 3.18. The first-order valence-corrected chi connectivity index (χ1v) is 3.11. The van der Waals surface area contributed by atoms with Gasteiger partial charge >= 0.3 is 0 Å².